The van der Waals surface area contributed by atoms with Crippen LogP contribution < -0.4 is 4.90 Å². The van der Waals surface area contributed by atoms with E-state index >= 15 is 0 Å². The molecule has 0 unspecified atom stereocenters. The van der Waals surface area contributed by atoms with E-state index < -0.39 is 0 Å². The topological polar surface area (TPSA) is 78.5 Å². The van der Waals surface area contributed by atoms with Crippen LogP contribution in [0.1, 0.15) is 70.2 Å². The van der Waals surface area contributed by atoms with Crippen molar-refractivity contribution in [2.45, 2.75) is 65.5 Å². The van der Waals surface area contributed by atoms with E-state index in [0.29, 0.717) is 21.3 Å². The summed E-state index contributed by atoms with van der Waals surface area (Å²) in [5.74, 6) is -0.248. The quantitative estimate of drug-likeness (QED) is 0.680. The summed E-state index contributed by atoms with van der Waals surface area (Å²) in [6, 6.07) is 0.198. The van der Waals surface area contributed by atoms with E-state index in [-0.39, 0.29) is 24.0 Å². The molecule has 0 radical (unpaired) electrons. The molecule has 7 nitrogen and oxygen atoms in total. The summed E-state index contributed by atoms with van der Waals surface area (Å²) < 4.78 is 5.33. The van der Waals surface area contributed by atoms with Gasteiger partial charge in [-0.3, -0.25) is 4.79 Å². The first-order valence-corrected chi connectivity index (χ1v) is 12.1. The Hall–Kier alpha value is -2.06. The summed E-state index contributed by atoms with van der Waals surface area (Å²) in [5, 5.41) is 1.55. The molecule has 0 aliphatic carbocycles. The summed E-state index contributed by atoms with van der Waals surface area (Å²) in [5.41, 5.74) is 3.19. The Balaban J connectivity index is 1.43. The van der Waals surface area contributed by atoms with E-state index in [1.54, 1.807) is 0 Å². The fraction of sp³-hybridized carbons (Fsp3) is 0.591. The van der Waals surface area contributed by atoms with Gasteiger partial charge in [0, 0.05) is 36.9 Å². The van der Waals surface area contributed by atoms with Crippen molar-refractivity contribution in [3.63, 3.8) is 0 Å². The second kappa shape index (κ2) is 8.82. The van der Waals surface area contributed by atoms with E-state index in [9.17, 15) is 9.59 Å². The van der Waals surface area contributed by atoms with E-state index in [2.05, 4.69) is 14.9 Å². The van der Waals surface area contributed by atoms with Crippen molar-refractivity contribution in [2.75, 3.05) is 24.5 Å². The SMILES string of the molecule is Cc1nc(N2CCC(N3CCCc4c([nH]c(C)c4Cl)C3=O)CC2)sc1C(=O)OC(C)C. The van der Waals surface area contributed by atoms with Gasteiger partial charge in [-0.15, -0.1) is 0 Å². The standard InChI is InChI=1S/C22H29ClN4O3S/c1-12(2)30-21(29)19-14(4)25-22(31-19)26-10-7-15(8-11-26)27-9-5-6-16-17(23)13(3)24-18(16)20(27)28/h12,15,24H,5-11H2,1-4H3. The number of amides is 1. The molecule has 0 saturated carbocycles. The van der Waals surface area contributed by atoms with Gasteiger partial charge in [0.15, 0.2) is 5.13 Å². The number of aromatic amines is 1. The number of fused-ring (bicyclic) bond motifs is 1. The molecule has 0 spiro atoms. The highest BCUT2D eigenvalue weighted by Crippen LogP contribution is 2.33. The zero-order valence-electron chi connectivity index (χ0n) is 18.5. The third-order valence-electron chi connectivity index (χ3n) is 6.00. The summed E-state index contributed by atoms with van der Waals surface area (Å²) in [7, 11) is 0. The molecule has 1 fully saturated rings. The van der Waals surface area contributed by atoms with Gasteiger partial charge in [-0.2, -0.15) is 0 Å². The van der Waals surface area contributed by atoms with Gasteiger partial charge in [-0.25, -0.2) is 9.78 Å². The number of ether oxygens (including phenoxy) is 1. The van der Waals surface area contributed by atoms with Crippen LogP contribution in [0.2, 0.25) is 5.02 Å². The van der Waals surface area contributed by atoms with Crippen molar-refractivity contribution >= 4 is 39.9 Å². The van der Waals surface area contributed by atoms with Crippen LogP contribution in [0.4, 0.5) is 5.13 Å². The van der Waals surface area contributed by atoms with Crippen LogP contribution in [0.15, 0.2) is 0 Å². The Morgan fingerprint density at radius 2 is 1.97 bits per heavy atom. The molecule has 1 saturated heterocycles. The molecule has 4 rings (SSSR count). The molecule has 0 atom stereocenters. The number of rotatable bonds is 4. The Morgan fingerprint density at radius 1 is 1.26 bits per heavy atom. The van der Waals surface area contributed by atoms with Gasteiger partial charge in [0.2, 0.25) is 0 Å². The summed E-state index contributed by atoms with van der Waals surface area (Å²) in [4.78, 5) is 38.1. The number of piperidine rings is 1. The van der Waals surface area contributed by atoms with Crippen LogP contribution in [0.5, 0.6) is 0 Å². The number of hydrogen-bond acceptors (Lipinski definition) is 6. The van der Waals surface area contributed by atoms with Crippen LogP contribution in [0, 0.1) is 13.8 Å². The minimum Gasteiger partial charge on any atom is -0.459 e. The van der Waals surface area contributed by atoms with Crippen LogP contribution in [0.25, 0.3) is 0 Å². The zero-order valence-corrected chi connectivity index (χ0v) is 20.0. The highest BCUT2D eigenvalue weighted by atomic mass is 35.5. The lowest BCUT2D eigenvalue weighted by atomic mass is 10.0. The Labute approximate surface area is 191 Å². The fourth-order valence-electron chi connectivity index (χ4n) is 4.43. The summed E-state index contributed by atoms with van der Waals surface area (Å²) >= 11 is 7.79. The molecule has 1 amide bonds. The number of H-pyrrole nitrogens is 1. The van der Waals surface area contributed by atoms with Gasteiger partial charge in [0.1, 0.15) is 10.6 Å². The fourth-order valence-corrected chi connectivity index (χ4v) is 5.67. The lowest BCUT2D eigenvalue weighted by Gasteiger charge is -2.38. The van der Waals surface area contributed by atoms with E-state index in [0.717, 1.165) is 61.7 Å². The Bertz CT molecular complexity index is 991. The summed E-state index contributed by atoms with van der Waals surface area (Å²) in [6.45, 7) is 9.80. The van der Waals surface area contributed by atoms with Gasteiger partial charge in [-0.05, 0) is 53.4 Å². The molecule has 2 aliphatic heterocycles. The van der Waals surface area contributed by atoms with Crippen LogP contribution >= 0.6 is 22.9 Å². The highest BCUT2D eigenvalue weighted by molar-refractivity contribution is 7.17. The first kappa shape index (κ1) is 22.1. The van der Waals surface area contributed by atoms with Crippen LogP contribution in [-0.2, 0) is 11.2 Å². The molecule has 2 aliphatic rings. The Morgan fingerprint density at radius 3 is 2.65 bits per heavy atom. The minimum atomic E-state index is -0.308. The van der Waals surface area contributed by atoms with Gasteiger partial charge < -0.3 is 19.5 Å². The average molecular weight is 465 g/mol. The van der Waals surface area contributed by atoms with E-state index in [1.807, 2.05) is 32.6 Å². The van der Waals surface area contributed by atoms with E-state index in [4.69, 9.17) is 16.3 Å². The first-order valence-electron chi connectivity index (χ1n) is 10.9. The Kier molecular flexibility index (Phi) is 6.30. The molecule has 9 heteroatoms. The maximum Gasteiger partial charge on any atom is 0.350 e. The molecular weight excluding hydrogens is 436 g/mol. The molecule has 2 aromatic rings. The predicted molar refractivity (Wildman–Crippen MR) is 123 cm³/mol. The first-order chi connectivity index (χ1) is 14.8. The molecule has 1 N–H and O–H groups in total. The lowest BCUT2D eigenvalue weighted by molar-refractivity contribution is 0.0382. The number of carbonyl (C=O) groups is 2. The van der Waals surface area contributed by atoms with Gasteiger partial charge in [0.05, 0.1) is 16.8 Å². The largest absolute Gasteiger partial charge is 0.459 e. The number of carbonyl (C=O) groups excluding carboxylic acids is 2. The number of aromatic nitrogens is 2. The van der Waals surface area contributed by atoms with Crippen molar-refractivity contribution in [2.24, 2.45) is 0 Å². The van der Waals surface area contributed by atoms with Crippen molar-refractivity contribution in [1.82, 2.24) is 14.9 Å². The van der Waals surface area contributed by atoms with Crippen LogP contribution in [0.3, 0.4) is 0 Å². The van der Waals surface area contributed by atoms with Crippen molar-refractivity contribution < 1.29 is 14.3 Å². The number of anilines is 1. The second-order valence-corrected chi connectivity index (χ2v) is 9.96. The molecule has 31 heavy (non-hydrogen) atoms. The molecule has 0 bridgehead atoms. The number of aryl methyl sites for hydroxylation is 2. The van der Waals surface area contributed by atoms with E-state index in [1.165, 1.54) is 11.3 Å². The number of halogens is 1. The molecule has 2 aromatic heterocycles. The van der Waals surface area contributed by atoms with Gasteiger partial charge >= 0.3 is 5.97 Å². The van der Waals surface area contributed by atoms with Crippen molar-refractivity contribution in [1.29, 1.82) is 0 Å². The minimum absolute atomic E-state index is 0.0600. The number of hydrogen-bond donors (Lipinski definition) is 1. The van der Waals surface area contributed by atoms with Gasteiger partial charge in [-0.1, -0.05) is 22.9 Å². The monoisotopic (exact) mass is 464 g/mol. The van der Waals surface area contributed by atoms with Crippen molar-refractivity contribution in [3.8, 4) is 0 Å². The number of esters is 1. The number of thiazole rings is 1. The smallest absolute Gasteiger partial charge is 0.350 e. The average Bonchev–Trinajstić information content (AvgIpc) is 3.19. The molecule has 0 aromatic carbocycles. The zero-order chi connectivity index (χ0) is 22.3. The molecule has 4 heterocycles. The normalized spacial score (nSPS) is 17.8. The van der Waals surface area contributed by atoms with Gasteiger partial charge in [0.25, 0.3) is 5.91 Å². The highest BCUT2D eigenvalue weighted by Gasteiger charge is 2.34. The lowest BCUT2D eigenvalue weighted by Crippen LogP contribution is -2.47. The maximum absolute atomic E-state index is 13.2. The predicted octanol–water partition coefficient (Wildman–Crippen LogP) is 4.36. The van der Waals surface area contributed by atoms with Crippen molar-refractivity contribution in [3.05, 3.63) is 32.5 Å². The molecule has 168 valence electrons. The third-order valence-corrected chi connectivity index (χ3v) is 7.71. The summed E-state index contributed by atoms with van der Waals surface area (Å²) in [6.07, 6.45) is 3.34. The number of nitrogens with one attached hydrogen (secondary N) is 1. The van der Waals surface area contributed by atoms with Crippen LogP contribution in [-0.4, -0.2) is 58.5 Å². The molecular formula is C22H29ClN4O3S. The third kappa shape index (κ3) is 4.32. The maximum atomic E-state index is 13.2. The second-order valence-electron chi connectivity index (χ2n) is 8.60. The number of nitrogens with zero attached hydrogens (tertiary/aromatic N) is 3.